The SMILES string of the molecule is COc1ccccc1-n1c(C)nc2cc(-c3nc4ccccc4o3)ccc21. The monoisotopic (exact) mass is 355 g/mol. The third-order valence-electron chi connectivity index (χ3n) is 4.69. The summed E-state index contributed by atoms with van der Waals surface area (Å²) in [6, 6.07) is 21.8. The van der Waals surface area contributed by atoms with E-state index in [0.717, 1.165) is 45.0 Å². The number of fused-ring (bicyclic) bond motifs is 2. The van der Waals surface area contributed by atoms with Gasteiger partial charge < -0.3 is 9.15 Å². The third kappa shape index (κ3) is 2.47. The molecule has 0 saturated carbocycles. The molecule has 0 saturated heterocycles. The molecule has 0 unspecified atom stereocenters. The van der Waals surface area contributed by atoms with Crippen LogP contribution in [0, 0.1) is 6.92 Å². The highest BCUT2D eigenvalue weighted by molar-refractivity contribution is 5.84. The molecule has 5 nitrogen and oxygen atoms in total. The van der Waals surface area contributed by atoms with E-state index >= 15 is 0 Å². The molecular weight excluding hydrogens is 338 g/mol. The van der Waals surface area contributed by atoms with Crippen LogP contribution in [-0.2, 0) is 0 Å². The Morgan fingerprint density at radius 2 is 1.70 bits per heavy atom. The predicted octanol–water partition coefficient (Wildman–Crippen LogP) is 5.15. The molecule has 0 fully saturated rings. The number of ether oxygens (including phenoxy) is 1. The summed E-state index contributed by atoms with van der Waals surface area (Å²) < 4.78 is 13.5. The van der Waals surface area contributed by atoms with Crippen molar-refractivity contribution in [1.29, 1.82) is 0 Å². The van der Waals surface area contributed by atoms with Crippen LogP contribution in [-0.4, -0.2) is 21.6 Å². The number of oxazole rings is 1. The van der Waals surface area contributed by atoms with Crippen molar-refractivity contribution in [1.82, 2.24) is 14.5 Å². The zero-order valence-corrected chi connectivity index (χ0v) is 15.0. The second-order valence-corrected chi connectivity index (χ2v) is 6.36. The molecule has 3 aromatic carbocycles. The van der Waals surface area contributed by atoms with E-state index < -0.39 is 0 Å². The van der Waals surface area contributed by atoms with Gasteiger partial charge in [0, 0.05) is 5.56 Å². The van der Waals surface area contributed by atoms with Gasteiger partial charge in [-0.3, -0.25) is 4.57 Å². The number of rotatable bonds is 3. The number of hydrogen-bond acceptors (Lipinski definition) is 4. The van der Waals surface area contributed by atoms with Crippen LogP contribution in [0.15, 0.2) is 71.1 Å². The smallest absolute Gasteiger partial charge is 0.227 e. The van der Waals surface area contributed by atoms with Gasteiger partial charge in [0.2, 0.25) is 5.89 Å². The number of aryl methyl sites for hydroxylation is 1. The highest BCUT2D eigenvalue weighted by atomic mass is 16.5. The van der Waals surface area contributed by atoms with Crippen molar-refractivity contribution in [2.24, 2.45) is 0 Å². The van der Waals surface area contributed by atoms with Gasteiger partial charge in [0.1, 0.15) is 17.1 Å². The van der Waals surface area contributed by atoms with E-state index in [1.165, 1.54) is 0 Å². The normalized spacial score (nSPS) is 11.3. The second-order valence-electron chi connectivity index (χ2n) is 6.36. The summed E-state index contributed by atoms with van der Waals surface area (Å²) in [5, 5.41) is 0. The van der Waals surface area contributed by atoms with Crippen LogP contribution in [0.25, 0.3) is 39.3 Å². The zero-order valence-electron chi connectivity index (χ0n) is 15.0. The van der Waals surface area contributed by atoms with Gasteiger partial charge in [-0.2, -0.15) is 0 Å². The Balaban J connectivity index is 1.68. The summed E-state index contributed by atoms with van der Waals surface area (Å²) in [6.07, 6.45) is 0. The highest BCUT2D eigenvalue weighted by Gasteiger charge is 2.15. The van der Waals surface area contributed by atoms with Crippen LogP contribution in [0.3, 0.4) is 0 Å². The van der Waals surface area contributed by atoms with Crippen molar-refractivity contribution in [3.8, 4) is 22.9 Å². The van der Waals surface area contributed by atoms with Crippen LogP contribution in [0.4, 0.5) is 0 Å². The summed E-state index contributed by atoms with van der Waals surface area (Å²) in [4.78, 5) is 9.33. The number of methoxy groups -OCH3 is 1. The summed E-state index contributed by atoms with van der Waals surface area (Å²) in [5.74, 6) is 2.30. The standard InChI is InChI=1S/C22H17N3O2/c1-14-23-17-13-15(22-24-16-7-3-5-9-20(16)27-22)11-12-18(17)25(14)19-8-4-6-10-21(19)26-2/h3-13H,1-2H3. The van der Waals surface area contributed by atoms with Crippen LogP contribution >= 0.6 is 0 Å². The fraction of sp³-hybridized carbons (Fsp3) is 0.0909. The summed E-state index contributed by atoms with van der Waals surface area (Å²) in [6.45, 7) is 1.99. The van der Waals surface area contributed by atoms with Gasteiger partial charge >= 0.3 is 0 Å². The lowest BCUT2D eigenvalue weighted by Crippen LogP contribution is -1.99. The number of imidazole rings is 1. The van der Waals surface area contributed by atoms with Crippen LogP contribution < -0.4 is 4.74 Å². The number of benzene rings is 3. The minimum Gasteiger partial charge on any atom is -0.495 e. The first-order valence-electron chi connectivity index (χ1n) is 8.73. The quantitative estimate of drug-likeness (QED) is 0.449. The summed E-state index contributed by atoms with van der Waals surface area (Å²) in [7, 11) is 1.68. The summed E-state index contributed by atoms with van der Waals surface area (Å²) >= 11 is 0. The number of para-hydroxylation sites is 4. The van der Waals surface area contributed by atoms with Crippen LogP contribution in [0.2, 0.25) is 0 Å². The maximum atomic E-state index is 5.90. The topological polar surface area (TPSA) is 53.1 Å². The second kappa shape index (κ2) is 5.99. The average Bonchev–Trinajstić information content (AvgIpc) is 3.27. The number of nitrogens with zero attached hydrogens (tertiary/aromatic N) is 3. The molecule has 0 amide bonds. The van der Waals surface area contributed by atoms with Crippen molar-refractivity contribution in [2.45, 2.75) is 6.92 Å². The Morgan fingerprint density at radius 1 is 0.889 bits per heavy atom. The number of hydrogen-bond donors (Lipinski definition) is 0. The maximum Gasteiger partial charge on any atom is 0.227 e. The van der Waals surface area contributed by atoms with Gasteiger partial charge in [0.05, 0.1) is 23.8 Å². The van der Waals surface area contributed by atoms with E-state index in [0.29, 0.717) is 5.89 Å². The lowest BCUT2D eigenvalue weighted by Gasteiger charge is -2.11. The lowest BCUT2D eigenvalue weighted by atomic mass is 10.2. The molecule has 0 spiro atoms. The molecule has 0 aliphatic carbocycles. The van der Waals surface area contributed by atoms with Gasteiger partial charge in [-0.1, -0.05) is 24.3 Å². The Morgan fingerprint density at radius 3 is 2.56 bits per heavy atom. The fourth-order valence-corrected chi connectivity index (χ4v) is 3.45. The van der Waals surface area contributed by atoms with E-state index in [1.54, 1.807) is 7.11 Å². The molecule has 0 aliphatic rings. The zero-order chi connectivity index (χ0) is 18.4. The molecule has 0 atom stereocenters. The number of aromatic nitrogens is 3. The highest BCUT2D eigenvalue weighted by Crippen LogP contribution is 2.31. The molecule has 0 N–H and O–H groups in total. The van der Waals surface area contributed by atoms with Gasteiger partial charge in [-0.25, -0.2) is 9.97 Å². The predicted molar refractivity (Wildman–Crippen MR) is 105 cm³/mol. The molecule has 5 rings (SSSR count). The van der Waals surface area contributed by atoms with Crippen molar-refractivity contribution < 1.29 is 9.15 Å². The first kappa shape index (κ1) is 15.6. The molecule has 2 heterocycles. The van der Waals surface area contributed by atoms with Crippen LogP contribution in [0.1, 0.15) is 5.82 Å². The Kier molecular flexibility index (Phi) is 3.47. The molecule has 0 aliphatic heterocycles. The molecule has 2 aromatic heterocycles. The Hall–Kier alpha value is -3.60. The van der Waals surface area contributed by atoms with Crippen LogP contribution in [0.5, 0.6) is 5.75 Å². The molecule has 0 bridgehead atoms. The molecule has 27 heavy (non-hydrogen) atoms. The van der Waals surface area contributed by atoms with Crippen molar-refractivity contribution in [3.05, 3.63) is 72.6 Å². The van der Waals surface area contributed by atoms with E-state index in [4.69, 9.17) is 14.1 Å². The molecule has 132 valence electrons. The average molecular weight is 355 g/mol. The van der Waals surface area contributed by atoms with E-state index in [2.05, 4.69) is 9.55 Å². The van der Waals surface area contributed by atoms with Gasteiger partial charge in [-0.05, 0) is 49.4 Å². The van der Waals surface area contributed by atoms with Crippen molar-refractivity contribution in [2.75, 3.05) is 7.11 Å². The first-order chi connectivity index (χ1) is 13.2. The van der Waals surface area contributed by atoms with E-state index in [-0.39, 0.29) is 0 Å². The minimum absolute atomic E-state index is 0.600. The Labute approximate surface area is 155 Å². The van der Waals surface area contributed by atoms with Gasteiger partial charge in [-0.15, -0.1) is 0 Å². The first-order valence-corrected chi connectivity index (χ1v) is 8.73. The van der Waals surface area contributed by atoms with Crippen molar-refractivity contribution in [3.63, 3.8) is 0 Å². The largest absolute Gasteiger partial charge is 0.495 e. The molecule has 5 aromatic rings. The molecule has 0 radical (unpaired) electrons. The maximum absolute atomic E-state index is 5.90. The van der Waals surface area contributed by atoms with Crippen molar-refractivity contribution >= 4 is 22.1 Å². The summed E-state index contributed by atoms with van der Waals surface area (Å²) in [5.41, 5.74) is 5.40. The van der Waals surface area contributed by atoms with E-state index in [9.17, 15) is 0 Å². The molecule has 5 heteroatoms. The molecular formula is C22H17N3O2. The minimum atomic E-state index is 0.600. The Bertz CT molecular complexity index is 1250. The lowest BCUT2D eigenvalue weighted by molar-refractivity contribution is 0.413. The third-order valence-corrected chi connectivity index (χ3v) is 4.69. The van der Waals surface area contributed by atoms with Gasteiger partial charge in [0.15, 0.2) is 5.58 Å². The fourth-order valence-electron chi connectivity index (χ4n) is 3.45. The van der Waals surface area contributed by atoms with Gasteiger partial charge in [0.25, 0.3) is 0 Å². The van der Waals surface area contributed by atoms with E-state index in [1.807, 2.05) is 73.7 Å².